The van der Waals surface area contributed by atoms with Gasteiger partial charge in [0.25, 0.3) is 0 Å². The quantitative estimate of drug-likeness (QED) is 0.794. The molecule has 3 rings (SSSR count). The number of ketones is 1. The van der Waals surface area contributed by atoms with E-state index in [2.05, 4.69) is 41.3 Å². The minimum Gasteiger partial charge on any atom is -0.497 e. The van der Waals surface area contributed by atoms with E-state index in [9.17, 15) is 4.79 Å². The molecule has 132 valence electrons. The molecule has 1 aliphatic rings. The average molecular weight is 337 g/mol. The summed E-state index contributed by atoms with van der Waals surface area (Å²) in [6.45, 7) is 3.71. The highest BCUT2D eigenvalue weighted by Crippen LogP contribution is 2.29. The maximum Gasteiger partial charge on any atom is 0.134 e. The van der Waals surface area contributed by atoms with Crippen molar-refractivity contribution in [2.75, 3.05) is 13.7 Å². The third-order valence-electron chi connectivity index (χ3n) is 5.25. The largest absolute Gasteiger partial charge is 0.497 e. The Morgan fingerprint density at radius 3 is 2.44 bits per heavy atom. The highest BCUT2D eigenvalue weighted by atomic mass is 16.5. The number of methoxy groups -OCH3 is 1. The van der Waals surface area contributed by atoms with Crippen molar-refractivity contribution in [3.8, 4) is 5.75 Å². The fraction of sp³-hybridized carbons (Fsp3) is 0.409. The predicted molar refractivity (Wildman–Crippen MR) is 101 cm³/mol. The lowest BCUT2D eigenvalue weighted by atomic mass is 9.82. The van der Waals surface area contributed by atoms with Gasteiger partial charge in [-0.15, -0.1) is 0 Å². The van der Waals surface area contributed by atoms with Crippen molar-refractivity contribution in [1.82, 2.24) is 4.90 Å². The van der Waals surface area contributed by atoms with E-state index in [1.807, 2.05) is 18.2 Å². The van der Waals surface area contributed by atoms with Crippen LogP contribution in [0.3, 0.4) is 0 Å². The lowest BCUT2D eigenvalue weighted by Crippen LogP contribution is -2.48. The summed E-state index contributed by atoms with van der Waals surface area (Å²) in [5.74, 6) is 1.31. The minimum absolute atomic E-state index is 0.125. The van der Waals surface area contributed by atoms with E-state index in [1.165, 1.54) is 11.1 Å². The smallest absolute Gasteiger partial charge is 0.134 e. The number of hydrogen-bond acceptors (Lipinski definition) is 3. The molecule has 1 fully saturated rings. The summed E-state index contributed by atoms with van der Waals surface area (Å²) in [7, 11) is 1.68. The van der Waals surface area contributed by atoms with E-state index in [-0.39, 0.29) is 12.0 Å². The van der Waals surface area contributed by atoms with E-state index >= 15 is 0 Å². The van der Waals surface area contributed by atoms with Crippen LogP contribution in [-0.4, -0.2) is 30.4 Å². The van der Waals surface area contributed by atoms with E-state index in [4.69, 9.17) is 4.74 Å². The topological polar surface area (TPSA) is 29.5 Å². The molecule has 0 amide bonds. The summed E-state index contributed by atoms with van der Waals surface area (Å²) in [5.41, 5.74) is 2.57. The van der Waals surface area contributed by atoms with Crippen LogP contribution in [0.15, 0.2) is 54.6 Å². The Morgan fingerprint density at radius 2 is 1.80 bits per heavy atom. The van der Waals surface area contributed by atoms with Gasteiger partial charge in [-0.3, -0.25) is 9.69 Å². The zero-order chi connectivity index (χ0) is 17.6. The van der Waals surface area contributed by atoms with Crippen LogP contribution in [0.4, 0.5) is 0 Å². The summed E-state index contributed by atoms with van der Waals surface area (Å²) in [6.07, 6.45) is 3.00. The number of carbonyl (C=O) groups excluding carboxylic acids is 1. The number of piperidine rings is 1. The number of hydrogen-bond donors (Lipinski definition) is 0. The minimum atomic E-state index is 0.125. The standard InChI is InChI=1S/C22H27NO2/c1-17(24)21-9-6-14-23(16-19-7-4-3-5-8-19)22(21)15-18-10-12-20(25-2)13-11-18/h3-5,7-8,10-13,21-22H,6,9,14-16H2,1-2H3/t21-,22+/m1/s1. The normalized spacial score (nSPS) is 21.0. The van der Waals surface area contributed by atoms with E-state index in [0.717, 1.165) is 38.1 Å². The van der Waals surface area contributed by atoms with Crippen LogP contribution in [-0.2, 0) is 17.8 Å². The van der Waals surface area contributed by atoms with Crippen LogP contribution in [0.2, 0.25) is 0 Å². The molecule has 3 heteroatoms. The molecule has 25 heavy (non-hydrogen) atoms. The zero-order valence-corrected chi connectivity index (χ0v) is 15.2. The third-order valence-corrected chi connectivity index (χ3v) is 5.25. The molecule has 0 spiro atoms. The van der Waals surface area contributed by atoms with Crippen molar-refractivity contribution >= 4 is 5.78 Å². The number of benzene rings is 2. The van der Waals surface area contributed by atoms with Crippen LogP contribution in [0, 0.1) is 5.92 Å². The molecule has 0 aliphatic carbocycles. The van der Waals surface area contributed by atoms with Gasteiger partial charge >= 0.3 is 0 Å². The Labute approximate surface area is 150 Å². The lowest BCUT2D eigenvalue weighted by molar-refractivity contribution is -0.124. The zero-order valence-electron chi connectivity index (χ0n) is 15.2. The molecule has 0 aromatic heterocycles. The SMILES string of the molecule is COc1ccc(C[C@H]2[C@@H](C(C)=O)CCCN2Cc2ccccc2)cc1. The van der Waals surface area contributed by atoms with Crippen molar-refractivity contribution in [1.29, 1.82) is 0 Å². The van der Waals surface area contributed by atoms with Crippen LogP contribution in [0.1, 0.15) is 30.9 Å². The molecule has 1 heterocycles. The van der Waals surface area contributed by atoms with E-state index in [1.54, 1.807) is 14.0 Å². The number of rotatable bonds is 6. The van der Waals surface area contributed by atoms with E-state index < -0.39 is 0 Å². The Kier molecular flexibility index (Phi) is 5.87. The van der Waals surface area contributed by atoms with Gasteiger partial charge in [0.1, 0.15) is 11.5 Å². The van der Waals surface area contributed by atoms with Crippen molar-refractivity contribution in [2.45, 2.75) is 38.8 Å². The average Bonchev–Trinajstić information content (AvgIpc) is 2.64. The first kappa shape index (κ1) is 17.7. The number of Topliss-reactive ketones (excluding diaryl/α,β-unsaturated/α-hetero) is 1. The first-order valence-electron chi connectivity index (χ1n) is 9.08. The maximum atomic E-state index is 12.3. The van der Waals surface area contributed by atoms with Gasteiger partial charge in [-0.25, -0.2) is 0 Å². The third kappa shape index (κ3) is 4.49. The second-order valence-electron chi connectivity index (χ2n) is 6.93. The van der Waals surface area contributed by atoms with Crippen molar-refractivity contribution in [3.63, 3.8) is 0 Å². The monoisotopic (exact) mass is 337 g/mol. The molecule has 0 bridgehead atoms. The van der Waals surface area contributed by atoms with E-state index in [0.29, 0.717) is 5.78 Å². The van der Waals surface area contributed by atoms with Crippen molar-refractivity contribution < 1.29 is 9.53 Å². The molecule has 1 aliphatic heterocycles. The Balaban J connectivity index is 1.80. The van der Waals surface area contributed by atoms with Gasteiger partial charge in [-0.1, -0.05) is 42.5 Å². The highest BCUT2D eigenvalue weighted by Gasteiger charge is 2.34. The van der Waals surface area contributed by atoms with Gasteiger partial charge in [0.05, 0.1) is 7.11 Å². The van der Waals surface area contributed by atoms with Gasteiger partial charge < -0.3 is 4.74 Å². The highest BCUT2D eigenvalue weighted by molar-refractivity contribution is 5.79. The Hall–Kier alpha value is -2.13. The van der Waals surface area contributed by atoms with Crippen LogP contribution >= 0.6 is 0 Å². The number of likely N-dealkylation sites (tertiary alicyclic amines) is 1. The summed E-state index contributed by atoms with van der Waals surface area (Å²) >= 11 is 0. The lowest BCUT2D eigenvalue weighted by Gasteiger charge is -2.40. The molecule has 0 radical (unpaired) electrons. The number of carbonyl (C=O) groups is 1. The Bertz CT molecular complexity index is 681. The second-order valence-corrected chi connectivity index (χ2v) is 6.93. The molecule has 2 aromatic carbocycles. The summed E-state index contributed by atoms with van der Waals surface area (Å²) in [6, 6.07) is 19.1. The molecule has 0 unspecified atom stereocenters. The Morgan fingerprint density at radius 1 is 1.08 bits per heavy atom. The summed E-state index contributed by atoms with van der Waals surface area (Å²) in [5, 5.41) is 0. The van der Waals surface area contributed by atoms with Gasteiger partial charge in [0.15, 0.2) is 0 Å². The maximum absolute atomic E-state index is 12.3. The molecular weight excluding hydrogens is 310 g/mol. The fourth-order valence-electron chi connectivity index (χ4n) is 3.89. The van der Waals surface area contributed by atoms with Gasteiger partial charge in [-0.2, -0.15) is 0 Å². The first-order chi connectivity index (χ1) is 12.2. The van der Waals surface area contributed by atoms with Crippen LogP contribution in [0.5, 0.6) is 5.75 Å². The fourth-order valence-corrected chi connectivity index (χ4v) is 3.89. The molecule has 0 saturated carbocycles. The first-order valence-corrected chi connectivity index (χ1v) is 9.08. The van der Waals surface area contributed by atoms with Crippen molar-refractivity contribution in [2.24, 2.45) is 5.92 Å². The molecule has 1 saturated heterocycles. The van der Waals surface area contributed by atoms with Crippen LogP contribution < -0.4 is 4.74 Å². The molecule has 2 atom stereocenters. The van der Waals surface area contributed by atoms with Crippen molar-refractivity contribution in [3.05, 3.63) is 65.7 Å². The van der Waals surface area contributed by atoms with Gasteiger partial charge in [-0.05, 0) is 56.0 Å². The molecular formula is C22H27NO2. The van der Waals surface area contributed by atoms with Crippen LogP contribution in [0.25, 0.3) is 0 Å². The second kappa shape index (κ2) is 8.30. The molecule has 2 aromatic rings. The summed E-state index contributed by atoms with van der Waals surface area (Å²) < 4.78 is 5.25. The number of nitrogens with zero attached hydrogens (tertiary/aromatic N) is 1. The number of ether oxygens (including phenoxy) is 1. The molecule has 0 N–H and O–H groups in total. The van der Waals surface area contributed by atoms with Gasteiger partial charge in [0, 0.05) is 18.5 Å². The van der Waals surface area contributed by atoms with Gasteiger partial charge in [0.2, 0.25) is 0 Å². The predicted octanol–water partition coefficient (Wildman–Crippen LogP) is 4.11. The molecule has 3 nitrogen and oxygen atoms in total. The summed E-state index contributed by atoms with van der Waals surface area (Å²) in [4.78, 5) is 14.7.